The number of likely N-dealkylation sites (tertiary alicyclic amines) is 1. The summed E-state index contributed by atoms with van der Waals surface area (Å²) in [5.41, 5.74) is -0.162. The first-order valence-electron chi connectivity index (χ1n) is 12.5. The molecule has 3 aliphatic heterocycles. The first-order chi connectivity index (χ1) is 16.8. The summed E-state index contributed by atoms with van der Waals surface area (Å²) in [5, 5.41) is 10.3. The van der Waals surface area contributed by atoms with E-state index in [2.05, 4.69) is 6.58 Å². The van der Waals surface area contributed by atoms with Crippen LogP contribution in [0.15, 0.2) is 43.0 Å². The normalized spacial score (nSPS) is 29.9. The van der Waals surface area contributed by atoms with Gasteiger partial charge in [-0.2, -0.15) is 0 Å². The molecule has 3 fully saturated rings. The van der Waals surface area contributed by atoms with E-state index in [1.807, 2.05) is 44.2 Å². The molecule has 35 heavy (non-hydrogen) atoms. The summed E-state index contributed by atoms with van der Waals surface area (Å²) in [6, 6.07) is 8.12. The topological polar surface area (TPSA) is 96.4 Å². The number of amides is 2. The van der Waals surface area contributed by atoms with Crippen molar-refractivity contribution in [1.82, 2.24) is 9.80 Å². The fourth-order valence-corrected chi connectivity index (χ4v) is 6.22. The number of aliphatic hydroxyl groups is 1. The third kappa shape index (κ3) is 4.16. The summed E-state index contributed by atoms with van der Waals surface area (Å²) in [4.78, 5) is 44.4. The van der Waals surface area contributed by atoms with Crippen molar-refractivity contribution in [3.05, 3.63) is 48.6 Å². The third-order valence-corrected chi connectivity index (χ3v) is 7.72. The molecule has 1 spiro atoms. The van der Waals surface area contributed by atoms with Crippen LogP contribution in [0.2, 0.25) is 0 Å². The summed E-state index contributed by atoms with van der Waals surface area (Å²) in [6.07, 6.45) is 2.29. The number of ether oxygens (including phenoxy) is 2. The van der Waals surface area contributed by atoms with Crippen molar-refractivity contribution in [3.8, 4) is 0 Å². The molecular weight excluding hydrogens is 448 g/mol. The van der Waals surface area contributed by atoms with Crippen molar-refractivity contribution in [2.75, 3.05) is 19.8 Å². The molecule has 3 saturated heterocycles. The number of rotatable bonds is 10. The number of nitrogens with zero attached hydrogens (tertiary/aromatic N) is 2. The van der Waals surface area contributed by atoms with E-state index in [1.165, 1.54) is 4.90 Å². The van der Waals surface area contributed by atoms with Crippen LogP contribution in [0.3, 0.4) is 0 Å². The lowest BCUT2D eigenvalue weighted by molar-refractivity contribution is -0.157. The molecule has 8 nitrogen and oxygen atoms in total. The van der Waals surface area contributed by atoms with E-state index in [4.69, 9.17) is 9.47 Å². The van der Waals surface area contributed by atoms with Crippen molar-refractivity contribution < 1.29 is 29.0 Å². The lowest BCUT2D eigenvalue weighted by Gasteiger charge is -2.40. The van der Waals surface area contributed by atoms with Crippen LogP contribution in [0.1, 0.15) is 39.2 Å². The zero-order valence-corrected chi connectivity index (χ0v) is 20.8. The quantitative estimate of drug-likeness (QED) is 0.404. The fourth-order valence-electron chi connectivity index (χ4n) is 6.22. The first-order valence-corrected chi connectivity index (χ1v) is 12.5. The molecule has 0 aliphatic carbocycles. The minimum atomic E-state index is -1.12. The van der Waals surface area contributed by atoms with Crippen LogP contribution in [-0.4, -0.2) is 76.2 Å². The van der Waals surface area contributed by atoms with Gasteiger partial charge in [-0.1, -0.05) is 50.3 Å². The number of hydrogen-bond donors (Lipinski definition) is 1. The highest BCUT2D eigenvalue weighted by atomic mass is 16.6. The van der Waals surface area contributed by atoms with Crippen LogP contribution in [0.4, 0.5) is 0 Å². The van der Waals surface area contributed by atoms with E-state index in [0.717, 1.165) is 5.56 Å². The molecule has 0 aromatic heterocycles. The maximum absolute atomic E-state index is 14.3. The van der Waals surface area contributed by atoms with Gasteiger partial charge in [0.15, 0.2) is 0 Å². The standard InChI is InChI=1S/C27H36N2O6/c1-5-14-28(15-18-10-8-7-9-11-18)25(32)23-27-13-12-20(35-27)21(26(33)34-6-2)22(27)24(31)29(23)19(16-30)17(3)4/h5,7-11,17,19-23,30H,1,6,12-16H2,2-4H3/t19-,20+,21-,22-,23?,27?/m0/s1. The minimum absolute atomic E-state index is 0.102. The number of carbonyl (C=O) groups excluding carboxylic acids is 3. The average molecular weight is 485 g/mol. The monoisotopic (exact) mass is 484 g/mol. The Morgan fingerprint density at radius 2 is 2.06 bits per heavy atom. The highest BCUT2D eigenvalue weighted by Gasteiger charge is 2.75. The minimum Gasteiger partial charge on any atom is -0.466 e. The van der Waals surface area contributed by atoms with Gasteiger partial charge < -0.3 is 24.4 Å². The molecular formula is C27H36N2O6. The second-order valence-electron chi connectivity index (χ2n) is 10.0. The zero-order valence-electron chi connectivity index (χ0n) is 20.8. The third-order valence-electron chi connectivity index (χ3n) is 7.72. The van der Waals surface area contributed by atoms with E-state index >= 15 is 0 Å². The van der Waals surface area contributed by atoms with E-state index in [9.17, 15) is 19.5 Å². The molecule has 1 N–H and O–H groups in total. The SMILES string of the molecule is C=CCN(Cc1ccccc1)C(=O)C1N([C@@H](CO)C(C)C)C(=O)[C@@H]2[C@@H](C(=O)OCC)[C@H]3CCC12O3. The molecule has 0 radical (unpaired) electrons. The Morgan fingerprint density at radius 3 is 2.66 bits per heavy atom. The molecule has 3 aliphatic rings. The molecule has 6 atom stereocenters. The average Bonchev–Trinajstić information content (AvgIpc) is 3.47. The van der Waals surface area contributed by atoms with E-state index in [-0.39, 0.29) is 30.9 Å². The number of carbonyl (C=O) groups is 3. The van der Waals surface area contributed by atoms with Crippen LogP contribution < -0.4 is 0 Å². The number of benzene rings is 1. The van der Waals surface area contributed by atoms with Crippen molar-refractivity contribution in [1.29, 1.82) is 0 Å². The van der Waals surface area contributed by atoms with Gasteiger partial charge in [0.05, 0.1) is 37.2 Å². The zero-order chi connectivity index (χ0) is 25.3. The van der Waals surface area contributed by atoms with Crippen LogP contribution in [0.25, 0.3) is 0 Å². The Morgan fingerprint density at radius 1 is 1.34 bits per heavy atom. The van der Waals surface area contributed by atoms with Crippen molar-refractivity contribution in [2.45, 2.75) is 63.9 Å². The summed E-state index contributed by atoms with van der Waals surface area (Å²) >= 11 is 0. The lowest BCUT2D eigenvalue weighted by Crippen LogP contribution is -2.59. The van der Waals surface area contributed by atoms with Gasteiger partial charge in [-0.3, -0.25) is 14.4 Å². The van der Waals surface area contributed by atoms with Crippen LogP contribution in [0, 0.1) is 17.8 Å². The van der Waals surface area contributed by atoms with Gasteiger partial charge in [0.1, 0.15) is 11.6 Å². The van der Waals surface area contributed by atoms with Gasteiger partial charge in [0.2, 0.25) is 11.8 Å². The van der Waals surface area contributed by atoms with Gasteiger partial charge in [-0.25, -0.2) is 0 Å². The second-order valence-corrected chi connectivity index (χ2v) is 10.0. The molecule has 8 heteroatoms. The molecule has 4 rings (SSSR count). The largest absolute Gasteiger partial charge is 0.466 e. The smallest absolute Gasteiger partial charge is 0.312 e. The molecule has 0 saturated carbocycles. The first kappa shape index (κ1) is 25.4. The molecule has 1 aromatic rings. The Labute approximate surface area is 206 Å². The van der Waals surface area contributed by atoms with Crippen LogP contribution >= 0.6 is 0 Å². The molecule has 1 aromatic carbocycles. The number of fused-ring (bicyclic) bond motifs is 1. The van der Waals surface area contributed by atoms with Crippen molar-refractivity contribution in [2.24, 2.45) is 17.8 Å². The molecule has 3 heterocycles. The Kier molecular flexibility index (Phi) is 7.33. The van der Waals surface area contributed by atoms with Gasteiger partial charge in [-0.15, -0.1) is 6.58 Å². The summed E-state index contributed by atoms with van der Waals surface area (Å²) in [6.45, 7) is 9.94. The van der Waals surface area contributed by atoms with Gasteiger partial charge >= 0.3 is 5.97 Å². The van der Waals surface area contributed by atoms with Crippen LogP contribution in [0.5, 0.6) is 0 Å². The number of hydrogen-bond acceptors (Lipinski definition) is 6. The fraction of sp³-hybridized carbons (Fsp3) is 0.593. The van der Waals surface area contributed by atoms with Crippen molar-refractivity contribution in [3.63, 3.8) is 0 Å². The van der Waals surface area contributed by atoms with Crippen molar-refractivity contribution >= 4 is 17.8 Å². The lowest BCUT2D eigenvalue weighted by atomic mass is 9.70. The maximum atomic E-state index is 14.3. The molecule has 2 unspecified atom stereocenters. The Bertz CT molecular complexity index is 966. The summed E-state index contributed by atoms with van der Waals surface area (Å²) in [5.74, 6) is -2.67. The molecule has 190 valence electrons. The predicted octanol–water partition coefficient (Wildman–Crippen LogP) is 2.16. The maximum Gasteiger partial charge on any atom is 0.312 e. The van der Waals surface area contributed by atoms with Gasteiger partial charge in [0.25, 0.3) is 0 Å². The summed E-state index contributed by atoms with van der Waals surface area (Å²) in [7, 11) is 0. The summed E-state index contributed by atoms with van der Waals surface area (Å²) < 4.78 is 11.7. The highest BCUT2D eigenvalue weighted by molar-refractivity contribution is 5.98. The highest BCUT2D eigenvalue weighted by Crippen LogP contribution is 2.59. The second kappa shape index (κ2) is 10.1. The van der Waals surface area contributed by atoms with Gasteiger partial charge in [-0.05, 0) is 31.2 Å². The molecule has 2 amide bonds. The predicted molar refractivity (Wildman–Crippen MR) is 129 cm³/mol. The Hall–Kier alpha value is -2.71. The van der Waals surface area contributed by atoms with Gasteiger partial charge in [0, 0.05) is 13.1 Å². The van der Waals surface area contributed by atoms with E-state index < -0.39 is 41.6 Å². The Balaban J connectivity index is 1.77. The van der Waals surface area contributed by atoms with Crippen LogP contribution in [-0.2, 0) is 30.4 Å². The van der Waals surface area contributed by atoms with E-state index in [0.29, 0.717) is 25.9 Å². The number of esters is 1. The molecule has 2 bridgehead atoms. The number of aliphatic hydroxyl groups excluding tert-OH is 1. The van der Waals surface area contributed by atoms with E-state index in [1.54, 1.807) is 17.9 Å².